The fraction of sp³-hybridized carbons (Fsp3) is 0.360. The van der Waals surface area contributed by atoms with Crippen LogP contribution in [0, 0.1) is 0 Å². The molecule has 34 heavy (non-hydrogen) atoms. The highest BCUT2D eigenvalue weighted by molar-refractivity contribution is 6.04. The van der Waals surface area contributed by atoms with E-state index in [1.165, 1.54) is 10.6 Å². The molecular weight excluding hydrogens is 434 g/mol. The minimum absolute atomic E-state index is 0.208. The van der Waals surface area contributed by atoms with E-state index in [0.717, 1.165) is 60.2 Å². The number of rotatable bonds is 4. The minimum Gasteiger partial charge on any atom is -0.379 e. The van der Waals surface area contributed by atoms with Gasteiger partial charge < -0.3 is 4.74 Å². The van der Waals surface area contributed by atoms with Gasteiger partial charge in [0, 0.05) is 38.0 Å². The number of nitrogens with zero attached hydrogens (tertiary/aromatic N) is 5. The number of hydrogen-bond donors (Lipinski definition) is 0. The largest absolute Gasteiger partial charge is 0.379 e. The zero-order valence-corrected chi connectivity index (χ0v) is 18.8. The number of imidazole rings is 1. The van der Waals surface area contributed by atoms with Crippen molar-refractivity contribution in [2.75, 3.05) is 26.3 Å². The first-order chi connectivity index (χ1) is 16.6. The van der Waals surface area contributed by atoms with E-state index in [-0.39, 0.29) is 37.1 Å². The Morgan fingerprint density at radius 3 is 2.56 bits per heavy atom. The number of benzene rings is 1. The minimum atomic E-state index is -0.312. The molecule has 2 fully saturated rings. The van der Waals surface area contributed by atoms with Crippen molar-refractivity contribution in [3.63, 3.8) is 0 Å². The average molecular weight is 460 g/mol. The second kappa shape index (κ2) is 8.34. The number of hydrogen-bond acceptors (Lipinski definition) is 6. The SMILES string of the molecule is O=C1c2ccc(-c3cc(CN4CCOCC4)cc4cncn34)cc2CN1N1C(=O)CCCC1=O. The van der Waals surface area contributed by atoms with Crippen LogP contribution in [0.4, 0.5) is 0 Å². The molecule has 6 rings (SSSR count). The van der Waals surface area contributed by atoms with E-state index >= 15 is 0 Å². The number of ether oxygens (including phenoxy) is 1. The molecule has 3 aromatic rings. The quantitative estimate of drug-likeness (QED) is 0.556. The lowest BCUT2D eigenvalue weighted by Crippen LogP contribution is -2.51. The van der Waals surface area contributed by atoms with Gasteiger partial charge in [0.2, 0.25) is 11.8 Å². The third-order valence-corrected chi connectivity index (χ3v) is 6.77. The van der Waals surface area contributed by atoms with E-state index in [2.05, 4.69) is 22.0 Å². The lowest BCUT2D eigenvalue weighted by atomic mass is 10.0. The lowest BCUT2D eigenvalue weighted by molar-refractivity contribution is -0.163. The topological polar surface area (TPSA) is 87.5 Å². The number of carbonyl (C=O) groups excluding carboxylic acids is 3. The van der Waals surface area contributed by atoms with Gasteiger partial charge in [0.15, 0.2) is 0 Å². The first kappa shape index (κ1) is 21.0. The van der Waals surface area contributed by atoms with Gasteiger partial charge in [-0.25, -0.2) is 9.99 Å². The third-order valence-electron chi connectivity index (χ3n) is 6.77. The summed E-state index contributed by atoms with van der Waals surface area (Å²) >= 11 is 0. The van der Waals surface area contributed by atoms with Crippen LogP contribution in [-0.2, 0) is 27.4 Å². The van der Waals surface area contributed by atoms with E-state index in [1.54, 1.807) is 12.4 Å². The Kier molecular flexibility index (Phi) is 5.15. The molecule has 0 aliphatic carbocycles. The van der Waals surface area contributed by atoms with Gasteiger partial charge in [0.25, 0.3) is 5.91 Å². The molecule has 3 aliphatic rings. The summed E-state index contributed by atoms with van der Waals surface area (Å²) in [6, 6.07) is 10.0. The fourth-order valence-electron chi connectivity index (χ4n) is 5.06. The molecule has 9 heteroatoms. The van der Waals surface area contributed by atoms with Gasteiger partial charge in [0.05, 0.1) is 43.5 Å². The van der Waals surface area contributed by atoms with Crippen LogP contribution in [0.5, 0.6) is 0 Å². The van der Waals surface area contributed by atoms with Gasteiger partial charge in [-0.1, -0.05) is 6.07 Å². The van der Waals surface area contributed by atoms with Crippen LogP contribution < -0.4 is 0 Å². The van der Waals surface area contributed by atoms with E-state index in [4.69, 9.17) is 4.74 Å². The van der Waals surface area contributed by atoms with Gasteiger partial charge in [-0.3, -0.25) is 23.7 Å². The van der Waals surface area contributed by atoms with Crippen LogP contribution in [0.3, 0.4) is 0 Å². The van der Waals surface area contributed by atoms with Crippen LogP contribution >= 0.6 is 0 Å². The molecule has 5 heterocycles. The number of aromatic nitrogens is 2. The predicted molar refractivity (Wildman–Crippen MR) is 122 cm³/mol. The maximum atomic E-state index is 13.0. The van der Waals surface area contributed by atoms with Crippen molar-refractivity contribution in [2.24, 2.45) is 0 Å². The van der Waals surface area contributed by atoms with Crippen LogP contribution in [0.1, 0.15) is 40.7 Å². The third kappa shape index (κ3) is 3.57. The van der Waals surface area contributed by atoms with Crippen LogP contribution in [0.25, 0.3) is 16.8 Å². The highest BCUT2D eigenvalue weighted by Gasteiger charge is 2.39. The molecule has 2 aromatic heterocycles. The molecule has 0 saturated carbocycles. The normalized spacial score (nSPS) is 19.4. The summed E-state index contributed by atoms with van der Waals surface area (Å²) in [7, 11) is 0. The number of hydrazine groups is 1. The van der Waals surface area contributed by atoms with E-state index in [0.29, 0.717) is 12.0 Å². The molecule has 3 amide bonds. The van der Waals surface area contributed by atoms with Gasteiger partial charge in [-0.05, 0) is 47.4 Å². The maximum Gasteiger partial charge on any atom is 0.273 e. The summed E-state index contributed by atoms with van der Waals surface area (Å²) < 4.78 is 7.51. The van der Waals surface area contributed by atoms with Crippen LogP contribution in [0.15, 0.2) is 42.9 Å². The molecule has 3 aliphatic heterocycles. The summed E-state index contributed by atoms with van der Waals surface area (Å²) in [5.74, 6) is -0.930. The molecule has 0 radical (unpaired) electrons. The monoisotopic (exact) mass is 459 g/mol. The van der Waals surface area contributed by atoms with Gasteiger partial charge in [0.1, 0.15) is 0 Å². The Bertz CT molecular complexity index is 1290. The Balaban J connectivity index is 1.34. The van der Waals surface area contributed by atoms with E-state index in [9.17, 15) is 14.4 Å². The number of pyridine rings is 1. The number of amides is 3. The lowest BCUT2D eigenvalue weighted by Gasteiger charge is -2.32. The second-order valence-electron chi connectivity index (χ2n) is 9.01. The Morgan fingerprint density at radius 2 is 1.76 bits per heavy atom. The van der Waals surface area contributed by atoms with Crippen LogP contribution in [0.2, 0.25) is 0 Å². The predicted octanol–water partition coefficient (Wildman–Crippen LogP) is 2.24. The highest BCUT2D eigenvalue weighted by Crippen LogP contribution is 2.32. The summed E-state index contributed by atoms with van der Waals surface area (Å²) in [5.41, 5.74) is 5.46. The van der Waals surface area contributed by atoms with Crippen molar-refractivity contribution in [2.45, 2.75) is 32.4 Å². The van der Waals surface area contributed by atoms with Gasteiger partial charge in [-0.15, -0.1) is 0 Å². The first-order valence-electron chi connectivity index (χ1n) is 11.6. The smallest absolute Gasteiger partial charge is 0.273 e. The first-order valence-corrected chi connectivity index (χ1v) is 11.6. The number of fused-ring (bicyclic) bond motifs is 2. The zero-order chi connectivity index (χ0) is 23.2. The number of carbonyl (C=O) groups is 3. The summed E-state index contributed by atoms with van der Waals surface area (Å²) in [6.45, 7) is 4.35. The number of piperidine rings is 1. The van der Waals surface area contributed by atoms with E-state index in [1.807, 2.05) is 22.7 Å². The summed E-state index contributed by atoms with van der Waals surface area (Å²) in [4.78, 5) is 44.5. The Hall–Kier alpha value is -3.56. The van der Waals surface area contributed by atoms with Gasteiger partial charge >= 0.3 is 0 Å². The molecule has 2 saturated heterocycles. The van der Waals surface area contributed by atoms with E-state index < -0.39 is 0 Å². The molecular formula is C25H25N5O4. The summed E-state index contributed by atoms with van der Waals surface area (Å²) in [6.07, 6.45) is 4.74. The van der Waals surface area contributed by atoms with Crippen LogP contribution in [-0.4, -0.2) is 68.3 Å². The van der Waals surface area contributed by atoms with Crippen molar-refractivity contribution in [1.29, 1.82) is 0 Å². The fourth-order valence-corrected chi connectivity index (χ4v) is 5.06. The second-order valence-corrected chi connectivity index (χ2v) is 9.01. The molecule has 0 N–H and O–H groups in total. The number of morpholine rings is 1. The summed E-state index contributed by atoms with van der Waals surface area (Å²) in [5, 5.41) is 2.34. The van der Waals surface area contributed by atoms with Crippen molar-refractivity contribution in [3.8, 4) is 11.3 Å². The molecule has 9 nitrogen and oxygen atoms in total. The zero-order valence-electron chi connectivity index (χ0n) is 18.8. The molecule has 1 aromatic carbocycles. The highest BCUT2D eigenvalue weighted by atomic mass is 16.5. The van der Waals surface area contributed by atoms with Crippen molar-refractivity contribution >= 4 is 23.2 Å². The standard InChI is InChI=1S/C25H25N5O4/c31-23-2-1-3-24(32)30(23)29-15-19-12-18(4-5-21(19)25(29)33)22-11-17(10-20-13-26-16-28(20)22)14-27-6-8-34-9-7-27/h4-5,10-13,16H,1-3,6-9,14-15H2. The molecule has 174 valence electrons. The van der Waals surface area contributed by atoms with Crippen molar-refractivity contribution in [3.05, 3.63) is 59.5 Å². The molecule has 0 unspecified atom stereocenters. The maximum absolute atomic E-state index is 13.0. The van der Waals surface area contributed by atoms with Crippen molar-refractivity contribution in [1.82, 2.24) is 24.3 Å². The Labute approximate surface area is 196 Å². The molecule has 0 bridgehead atoms. The molecule has 0 atom stereocenters. The van der Waals surface area contributed by atoms with Crippen molar-refractivity contribution < 1.29 is 19.1 Å². The van der Waals surface area contributed by atoms with Gasteiger partial charge in [-0.2, -0.15) is 5.01 Å². The Morgan fingerprint density at radius 1 is 0.971 bits per heavy atom. The number of imide groups is 1. The average Bonchev–Trinajstić information content (AvgIpc) is 3.43. The molecule has 0 spiro atoms.